The van der Waals surface area contributed by atoms with Crippen LogP contribution in [0.1, 0.15) is 20.3 Å². The number of aliphatic imine (C=N–C) groups is 2. The first-order valence-electron chi connectivity index (χ1n) is 3.93. The first-order valence-corrected chi connectivity index (χ1v) is 3.93. The van der Waals surface area contributed by atoms with Gasteiger partial charge in [-0.2, -0.15) is 0 Å². The normalized spacial score (nSPS) is 21.8. The zero-order valence-electron chi connectivity index (χ0n) is 7.70. The van der Waals surface area contributed by atoms with Crippen molar-refractivity contribution >= 4 is 11.9 Å². The molecule has 0 saturated carbocycles. The van der Waals surface area contributed by atoms with Crippen molar-refractivity contribution in [2.24, 2.45) is 21.5 Å². The van der Waals surface area contributed by atoms with Crippen LogP contribution in [0.2, 0.25) is 0 Å². The molecule has 0 amide bonds. The molecule has 1 heterocycles. The summed E-state index contributed by atoms with van der Waals surface area (Å²) in [6, 6.07) is 0. The van der Waals surface area contributed by atoms with E-state index in [4.69, 9.17) is 11.5 Å². The van der Waals surface area contributed by atoms with E-state index in [9.17, 15) is 0 Å². The number of hydrogen-bond donors (Lipinski definition) is 2. The fraction of sp³-hybridized carbons (Fsp3) is 0.714. The largest absolute Gasteiger partial charge is 0.369 e. The van der Waals surface area contributed by atoms with Gasteiger partial charge in [0.05, 0.1) is 0 Å². The van der Waals surface area contributed by atoms with Gasteiger partial charge in [0.1, 0.15) is 0 Å². The summed E-state index contributed by atoms with van der Waals surface area (Å²) in [5.41, 5.74) is 10.8. The Morgan fingerprint density at radius 1 is 1.33 bits per heavy atom. The molecule has 0 radical (unpaired) electrons. The molecule has 0 aromatic rings. The smallest absolute Gasteiger partial charge is 0.200 e. The van der Waals surface area contributed by atoms with Crippen LogP contribution in [0.15, 0.2) is 9.98 Å². The van der Waals surface area contributed by atoms with Crippen molar-refractivity contribution in [2.75, 3.05) is 7.05 Å². The van der Waals surface area contributed by atoms with Gasteiger partial charge in [-0.15, -0.1) is 0 Å². The van der Waals surface area contributed by atoms with E-state index < -0.39 is 5.66 Å². The standard InChI is InChI=1S/C7H15N5/c1-4-7(2)10-5(8)12(3)6(9)11-7/h4H2,1-3H3,(H2,8,10)(H2,9,11). The predicted molar refractivity (Wildman–Crippen MR) is 49.7 cm³/mol. The average Bonchev–Trinajstić information content (AvgIpc) is 2.00. The van der Waals surface area contributed by atoms with Crippen molar-refractivity contribution in [3.8, 4) is 0 Å². The molecule has 0 aromatic heterocycles. The van der Waals surface area contributed by atoms with Gasteiger partial charge in [0.25, 0.3) is 0 Å². The molecule has 1 aliphatic heterocycles. The molecule has 0 fully saturated rings. The molecule has 5 heteroatoms. The maximum Gasteiger partial charge on any atom is 0.200 e. The quantitative estimate of drug-likeness (QED) is 0.565. The van der Waals surface area contributed by atoms with Crippen LogP contribution in [0.4, 0.5) is 0 Å². The summed E-state index contributed by atoms with van der Waals surface area (Å²) in [4.78, 5) is 10.0. The van der Waals surface area contributed by atoms with Crippen LogP contribution >= 0.6 is 0 Å². The van der Waals surface area contributed by atoms with Gasteiger partial charge in [-0.05, 0) is 13.3 Å². The zero-order chi connectivity index (χ0) is 9.35. The number of hydrogen-bond acceptors (Lipinski definition) is 5. The van der Waals surface area contributed by atoms with E-state index in [1.165, 1.54) is 0 Å². The Kier molecular flexibility index (Phi) is 1.95. The minimum Gasteiger partial charge on any atom is -0.369 e. The summed E-state index contributed by atoms with van der Waals surface area (Å²) in [7, 11) is 1.74. The lowest BCUT2D eigenvalue weighted by molar-refractivity contribution is 0.448. The lowest BCUT2D eigenvalue weighted by Gasteiger charge is -2.29. The van der Waals surface area contributed by atoms with Crippen molar-refractivity contribution in [1.29, 1.82) is 0 Å². The van der Waals surface area contributed by atoms with Crippen molar-refractivity contribution in [1.82, 2.24) is 4.90 Å². The fourth-order valence-electron chi connectivity index (χ4n) is 0.944. The number of rotatable bonds is 1. The molecule has 0 unspecified atom stereocenters. The summed E-state index contributed by atoms with van der Waals surface area (Å²) < 4.78 is 0. The molecule has 0 saturated heterocycles. The van der Waals surface area contributed by atoms with Crippen LogP contribution in [0, 0.1) is 0 Å². The van der Waals surface area contributed by atoms with Crippen LogP contribution < -0.4 is 11.5 Å². The third-order valence-corrected chi connectivity index (χ3v) is 2.07. The van der Waals surface area contributed by atoms with E-state index in [0.717, 1.165) is 6.42 Å². The molecule has 0 aromatic carbocycles. The number of nitrogens with two attached hydrogens (primary N) is 2. The van der Waals surface area contributed by atoms with Crippen molar-refractivity contribution in [3.05, 3.63) is 0 Å². The topological polar surface area (TPSA) is 80.0 Å². The molecule has 0 atom stereocenters. The fourth-order valence-corrected chi connectivity index (χ4v) is 0.944. The molecule has 1 rings (SSSR count). The molecule has 0 aliphatic carbocycles. The third-order valence-electron chi connectivity index (χ3n) is 2.07. The van der Waals surface area contributed by atoms with Crippen LogP contribution in [0.3, 0.4) is 0 Å². The Hall–Kier alpha value is -1.26. The number of guanidine groups is 2. The minimum absolute atomic E-state index is 0.423. The molecular formula is C7H15N5. The molecule has 1 aliphatic rings. The van der Waals surface area contributed by atoms with E-state index in [0.29, 0.717) is 11.9 Å². The maximum absolute atomic E-state index is 5.63. The summed E-state index contributed by atoms with van der Waals surface area (Å²) in [6.45, 7) is 3.90. The highest BCUT2D eigenvalue weighted by Gasteiger charge is 2.26. The first-order chi connectivity index (χ1) is 5.48. The third kappa shape index (κ3) is 1.34. The highest BCUT2D eigenvalue weighted by molar-refractivity contribution is 5.98. The van der Waals surface area contributed by atoms with Gasteiger partial charge in [-0.3, -0.25) is 4.90 Å². The molecule has 0 spiro atoms. The minimum atomic E-state index is -0.472. The van der Waals surface area contributed by atoms with Crippen LogP contribution in [0.5, 0.6) is 0 Å². The van der Waals surface area contributed by atoms with Gasteiger partial charge in [-0.1, -0.05) is 6.92 Å². The summed E-state index contributed by atoms with van der Waals surface area (Å²) in [6.07, 6.45) is 0.794. The van der Waals surface area contributed by atoms with E-state index in [-0.39, 0.29) is 0 Å². The van der Waals surface area contributed by atoms with Crippen molar-refractivity contribution < 1.29 is 0 Å². The Bertz CT molecular complexity index is 222. The second kappa shape index (κ2) is 2.66. The highest BCUT2D eigenvalue weighted by atomic mass is 15.4. The highest BCUT2D eigenvalue weighted by Crippen LogP contribution is 2.19. The Balaban J connectivity index is 2.98. The van der Waals surface area contributed by atoms with E-state index >= 15 is 0 Å². The molecular weight excluding hydrogens is 154 g/mol. The molecule has 12 heavy (non-hydrogen) atoms. The first kappa shape index (κ1) is 8.83. The molecule has 5 nitrogen and oxygen atoms in total. The van der Waals surface area contributed by atoms with Crippen molar-refractivity contribution in [2.45, 2.75) is 25.9 Å². The van der Waals surface area contributed by atoms with Gasteiger partial charge in [0.15, 0.2) is 17.6 Å². The average molecular weight is 169 g/mol. The monoisotopic (exact) mass is 169 g/mol. The van der Waals surface area contributed by atoms with Gasteiger partial charge in [0.2, 0.25) is 0 Å². The van der Waals surface area contributed by atoms with Crippen molar-refractivity contribution in [3.63, 3.8) is 0 Å². The molecule has 68 valence electrons. The van der Waals surface area contributed by atoms with Gasteiger partial charge >= 0.3 is 0 Å². The SMILES string of the molecule is CCC1(C)N=C(N)N(C)C(N)=N1. The van der Waals surface area contributed by atoms with Gasteiger partial charge < -0.3 is 11.5 Å². The number of nitrogens with zero attached hydrogens (tertiary/aromatic N) is 3. The summed E-state index contributed by atoms with van der Waals surface area (Å²) >= 11 is 0. The molecule has 0 bridgehead atoms. The Labute approximate surface area is 72.2 Å². The van der Waals surface area contributed by atoms with E-state index in [1.807, 2.05) is 13.8 Å². The van der Waals surface area contributed by atoms with Gasteiger partial charge in [0, 0.05) is 7.05 Å². The summed E-state index contributed by atoms with van der Waals surface area (Å²) in [5.74, 6) is 0.846. The lowest BCUT2D eigenvalue weighted by Crippen LogP contribution is -2.49. The van der Waals surface area contributed by atoms with Crippen LogP contribution in [-0.2, 0) is 0 Å². The zero-order valence-corrected chi connectivity index (χ0v) is 7.70. The summed E-state index contributed by atoms with van der Waals surface area (Å²) in [5, 5.41) is 0. The second-order valence-corrected chi connectivity index (χ2v) is 3.07. The second-order valence-electron chi connectivity index (χ2n) is 3.07. The lowest BCUT2D eigenvalue weighted by atomic mass is 10.1. The van der Waals surface area contributed by atoms with E-state index in [2.05, 4.69) is 9.98 Å². The van der Waals surface area contributed by atoms with Crippen LogP contribution in [0.25, 0.3) is 0 Å². The Morgan fingerprint density at radius 3 is 2.08 bits per heavy atom. The molecule has 4 N–H and O–H groups in total. The van der Waals surface area contributed by atoms with E-state index in [1.54, 1.807) is 11.9 Å². The van der Waals surface area contributed by atoms with Crippen LogP contribution in [-0.4, -0.2) is 29.5 Å². The predicted octanol–water partition coefficient (Wildman–Crippen LogP) is -0.313. The maximum atomic E-state index is 5.63. The van der Waals surface area contributed by atoms with Gasteiger partial charge in [-0.25, -0.2) is 9.98 Å². The Morgan fingerprint density at radius 2 is 1.75 bits per heavy atom.